The van der Waals surface area contributed by atoms with E-state index in [4.69, 9.17) is 0 Å². The third-order valence-corrected chi connectivity index (χ3v) is 4.31. The van der Waals surface area contributed by atoms with Gasteiger partial charge in [-0.3, -0.25) is 4.79 Å². The number of aryl methyl sites for hydroxylation is 1. The molecule has 0 bridgehead atoms. The molecule has 110 valence electrons. The number of carbonyl (C=O) groups excluding carboxylic acids is 1. The molecule has 1 N–H and O–H groups in total. The average molecular weight is 302 g/mol. The molecule has 1 saturated heterocycles. The molecule has 2 aromatic heterocycles. The van der Waals surface area contributed by atoms with E-state index in [0.29, 0.717) is 11.4 Å². The van der Waals surface area contributed by atoms with Crippen LogP contribution in [0.2, 0.25) is 0 Å². The van der Waals surface area contributed by atoms with Gasteiger partial charge in [0.05, 0.1) is 16.9 Å². The van der Waals surface area contributed by atoms with E-state index in [2.05, 4.69) is 20.2 Å². The van der Waals surface area contributed by atoms with Crippen LogP contribution in [0, 0.1) is 6.92 Å². The number of aromatic nitrogens is 2. The molecule has 0 saturated carbocycles. The fourth-order valence-electron chi connectivity index (χ4n) is 2.43. The van der Waals surface area contributed by atoms with Crippen LogP contribution in [0.5, 0.6) is 0 Å². The smallest absolute Gasteiger partial charge is 0.275 e. The van der Waals surface area contributed by atoms with Gasteiger partial charge in [-0.25, -0.2) is 9.97 Å². The highest BCUT2D eigenvalue weighted by Crippen LogP contribution is 2.19. The lowest BCUT2D eigenvalue weighted by Gasteiger charge is -2.27. The Hall–Kier alpha value is -1.95. The molecule has 0 aliphatic carbocycles. The van der Waals surface area contributed by atoms with Crippen LogP contribution in [0.25, 0.3) is 0 Å². The molecule has 3 heterocycles. The van der Waals surface area contributed by atoms with Gasteiger partial charge in [-0.15, -0.1) is 11.3 Å². The van der Waals surface area contributed by atoms with E-state index in [1.54, 1.807) is 11.6 Å². The van der Waals surface area contributed by atoms with Crippen LogP contribution in [-0.4, -0.2) is 29.0 Å². The summed E-state index contributed by atoms with van der Waals surface area (Å²) in [6.07, 6.45) is 5.46. The lowest BCUT2D eigenvalue weighted by atomic mass is 10.1. The summed E-state index contributed by atoms with van der Waals surface area (Å²) < 4.78 is 0. The molecular weight excluding hydrogens is 284 g/mol. The number of hydrogen-bond donors (Lipinski definition) is 1. The SMILES string of the molecule is Cc1nc(C(=O)Nc2ccc(N3CCCCC3)nc2)cs1. The van der Waals surface area contributed by atoms with E-state index >= 15 is 0 Å². The second kappa shape index (κ2) is 6.22. The first kappa shape index (κ1) is 14.0. The lowest BCUT2D eigenvalue weighted by molar-refractivity contribution is 0.102. The Morgan fingerprint density at radius 1 is 1.29 bits per heavy atom. The highest BCUT2D eigenvalue weighted by molar-refractivity contribution is 7.09. The van der Waals surface area contributed by atoms with Gasteiger partial charge in [-0.2, -0.15) is 0 Å². The molecule has 6 heteroatoms. The zero-order chi connectivity index (χ0) is 14.7. The van der Waals surface area contributed by atoms with Crippen molar-refractivity contribution in [1.29, 1.82) is 0 Å². The predicted molar refractivity (Wildman–Crippen MR) is 85.1 cm³/mol. The second-order valence-electron chi connectivity index (χ2n) is 5.16. The van der Waals surface area contributed by atoms with Crippen molar-refractivity contribution in [2.24, 2.45) is 0 Å². The van der Waals surface area contributed by atoms with Crippen molar-refractivity contribution in [1.82, 2.24) is 9.97 Å². The highest BCUT2D eigenvalue weighted by atomic mass is 32.1. The van der Waals surface area contributed by atoms with E-state index in [1.807, 2.05) is 19.1 Å². The van der Waals surface area contributed by atoms with Crippen LogP contribution in [0.3, 0.4) is 0 Å². The lowest BCUT2D eigenvalue weighted by Crippen LogP contribution is -2.30. The third kappa shape index (κ3) is 3.39. The Kier molecular flexibility index (Phi) is 4.15. The third-order valence-electron chi connectivity index (χ3n) is 3.54. The van der Waals surface area contributed by atoms with Crippen molar-refractivity contribution < 1.29 is 4.79 Å². The van der Waals surface area contributed by atoms with Gasteiger partial charge in [0.2, 0.25) is 0 Å². The van der Waals surface area contributed by atoms with Crippen LogP contribution >= 0.6 is 11.3 Å². The summed E-state index contributed by atoms with van der Waals surface area (Å²) in [6, 6.07) is 3.86. The van der Waals surface area contributed by atoms with Crippen molar-refractivity contribution in [2.45, 2.75) is 26.2 Å². The zero-order valence-corrected chi connectivity index (χ0v) is 12.8. The number of thiazole rings is 1. The molecule has 1 fully saturated rings. The predicted octanol–water partition coefficient (Wildman–Crippen LogP) is 3.09. The van der Waals surface area contributed by atoms with Gasteiger partial charge in [-0.05, 0) is 38.3 Å². The van der Waals surface area contributed by atoms with Gasteiger partial charge in [0.1, 0.15) is 11.5 Å². The van der Waals surface area contributed by atoms with Gasteiger partial charge in [0, 0.05) is 18.5 Å². The van der Waals surface area contributed by atoms with E-state index in [-0.39, 0.29) is 5.91 Å². The molecule has 0 atom stereocenters. The Morgan fingerprint density at radius 3 is 2.71 bits per heavy atom. The number of pyridine rings is 1. The zero-order valence-electron chi connectivity index (χ0n) is 12.0. The number of amides is 1. The minimum absolute atomic E-state index is 0.188. The van der Waals surface area contributed by atoms with Gasteiger partial charge >= 0.3 is 0 Å². The van der Waals surface area contributed by atoms with E-state index < -0.39 is 0 Å². The molecule has 2 aromatic rings. The number of nitrogens with one attached hydrogen (secondary N) is 1. The van der Waals surface area contributed by atoms with Crippen molar-refractivity contribution in [3.63, 3.8) is 0 Å². The molecule has 0 aromatic carbocycles. The van der Waals surface area contributed by atoms with Gasteiger partial charge in [-0.1, -0.05) is 0 Å². The second-order valence-corrected chi connectivity index (χ2v) is 6.22. The van der Waals surface area contributed by atoms with Crippen molar-refractivity contribution in [3.05, 3.63) is 34.4 Å². The normalized spacial score (nSPS) is 15.0. The largest absolute Gasteiger partial charge is 0.357 e. The maximum atomic E-state index is 12.0. The Labute approximate surface area is 128 Å². The summed E-state index contributed by atoms with van der Waals surface area (Å²) in [5.74, 6) is 0.795. The molecule has 3 rings (SSSR count). The van der Waals surface area contributed by atoms with Crippen molar-refractivity contribution >= 4 is 28.7 Å². The molecule has 1 aliphatic rings. The molecule has 5 nitrogen and oxygen atoms in total. The standard InChI is InChI=1S/C15H18N4OS/c1-11-17-13(10-21-11)15(20)18-12-5-6-14(16-9-12)19-7-3-2-4-8-19/h5-6,9-10H,2-4,7-8H2,1H3,(H,18,20). The molecule has 1 aliphatic heterocycles. The van der Waals surface area contributed by atoms with Crippen LogP contribution in [0.15, 0.2) is 23.7 Å². The number of nitrogens with zero attached hydrogens (tertiary/aromatic N) is 3. The molecule has 1 amide bonds. The molecule has 0 radical (unpaired) electrons. The fourth-order valence-corrected chi connectivity index (χ4v) is 3.03. The van der Waals surface area contributed by atoms with Crippen LogP contribution < -0.4 is 10.2 Å². The number of anilines is 2. The van der Waals surface area contributed by atoms with E-state index in [0.717, 1.165) is 23.9 Å². The summed E-state index contributed by atoms with van der Waals surface area (Å²) in [6.45, 7) is 4.02. The number of piperidine rings is 1. The monoisotopic (exact) mass is 302 g/mol. The average Bonchev–Trinajstić information content (AvgIpc) is 2.96. The van der Waals surface area contributed by atoms with E-state index in [9.17, 15) is 4.79 Å². The summed E-state index contributed by atoms with van der Waals surface area (Å²) in [4.78, 5) is 22.9. The topological polar surface area (TPSA) is 58.1 Å². The maximum Gasteiger partial charge on any atom is 0.275 e. The molecular formula is C15H18N4OS. The Bertz CT molecular complexity index is 617. The first-order valence-corrected chi connectivity index (χ1v) is 8.05. The minimum atomic E-state index is -0.188. The molecule has 0 spiro atoms. The highest BCUT2D eigenvalue weighted by Gasteiger charge is 2.13. The fraction of sp³-hybridized carbons (Fsp3) is 0.400. The number of carbonyl (C=O) groups is 1. The quantitative estimate of drug-likeness (QED) is 0.946. The summed E-state index contributed by atoms with van der Waals surface area (Å²) in [5, 5.41) is 5.48. The first-order chi connectivity index (χ1) is 10.2. The summed E-state index contributed by atoms with van der Waals surface area (Å²) in [7, 11) is 0. The van der Waals surface area contributed by atoms with Crippen LogP contribution in [-0.2, 0) is 0 Å². The van der Waals surface area contributed by atoms with Gasteiger partial charge in [0.25, 0.3) is 5.91 Å². The Balaban J connectivity index is 1.65. The maximum absolute atomic E-state index is 12.0. The summed E-state index contributed by atoms with van der Waals surface area (Å²) in [5.41, 5.74) is 1.16. The van der Waals surface area contributed by atoms with Crippen molar-refractivity contribution in [3.8, 4) is 0 Å². The first-order valence-electron chi connectivity index (χ1n) is 7.17. The van der Waals surface area contributed by atoms with Crippen LogP contribution in [0.4, 0.5) is 11.5 Å². The molecule has 21 heavy (non-hydrogen) atoms. The number of hydrogen-bond acceptors (Lipinski definition) is 5. The van der Waals surface area contributed by atoms with Gasteiger partial charge in [0.15, 0.2) is 0 Å². The summed E-state index contributed by atoms with van der Waals surface area (Å²) >= 11 is 1.47. The molecule has 0 unspecified atom stereocenters. The Morgan fingerprint density at radius 2 is 2.10 bits per heavy atom. The van der Waals surface area contributed by atoms with E-state index in [1.165, 1.54) is 30.6 Å². The van der Waals surface area contributed by atoms with Gasteiger partial charge < -0.3 is 10.2 Å². The van der Waals surface area contributed by atoms with Crippen molar-refractivity contribution in [2.75, 3.05) is 23.3 Å². The van der Waals surface area contributed by atoms with Crippen LogP contribution in [0.1, 0.15) is 34.8 Å². The number of rotatable bonds is 3. The minimum Gasteiger partial charge on any atom is -0.357 e.